The zero-order valence-electron chi connectivity index (χ0n) is 12.8. The first-order chi connectivity index (χ1) is 10.2. The van der Waals surface area contributed by atoms with Gasteiger partial charge in [-0.15, -0.1) is 10.2 Å². The van der Waals surface area contributed by atoms with E-state index in [1.807, 2.05) is 11.9 Å². The Labute approximate surface area is 125 Å². The van der Waals surface area contributed by atoms with E-state index in [0.717, 1.165) is 31.2 Å². The molecule has 6 heteroatoms. The molecule has 0 radical (unpaired) electrons. The Hall–Kier alpha value is -1.59. The van der Waals surface area contributed by atoms with Crippen LogP contribution in [0.1, 0.15) is 50.2 Å². The fraction of sp³-hybridized carbons (Fsp3) is 0.800. The lowest BCUT2D eigenvalue weighted by atomic mass is 10.1. The summed E-state index contributed by atoms with van der Waals surface area (Å²) >= 11 is 0. The van der Waals surface area contributed by atoms with Gasteiger partial charge in [-0.25, -0.2) is 4.79 Å². The fourth-order valence-electron chi connectivity index (χ4n) is 3.45. The number of aromatic nitrogens is 3. The van der Waals surface area contributed by atoms with Gasteiger partial charge < -0.3 is 14.8 Å². The molecule has 1 aliphatic carbocycles. The summed E-state index contributed by atoms with van der Waals surface area (Å²) in [5, 5.41) is 11.4. The third kappa shape index (κ3) is 3.36. The number of nitrogens with zero attached hydrogens (tertiary/aromatic N) is 4. The maximum Gasteiger partial charge on any atom is 0.317 e. The molecular weight excluding hydrogens is 266 g/mol. The third-order valence-electron chi connectivity index (χ3n) is 4.69. The Kier molecular flexibility index (Phi) is 4.41. The highest BCUT2D eigenvalue weighted by Crippen LogP contribution is 2.25. The van der Waals surface area contributed by atoms with E-state index in [4.69, 9.17) is 0 Å². The van der Waals surface area contributed by atoms with Gasteiger partial charge >= 0.3 is 6.03 Å². The summed E-state index contributed by atoms with van der Waals surface area (Å²) in [4.78, 5) is 14.0. The summed E-state index contributed by atoms with van der Waals surface area (Å²) in [5.41, 5.74) is 0. The van der Waals surface area contributed by atoms with Crippen molar-refractivity contribution in [3.8, 4) is 0 Å². The number of rotatable bonds is 4. The van der Waals surface area contributed by atoms with Gasteiger partial charge in [-0.2, -0.15) is 0 Å². The largest absolute Gasteiger partial charge is 0.331 e. The van der Waals surface area contributed by atoms with Crippen molar-refractivity contribution in [1.29, 1.82) is 0 Å². The lowest BCUT2D eigenvalue weighted by molar-refractivity contribution is 0.200. The van der Waals surface area contributed by atoms with Crippen molar-refractivity contribution in [3.63, 3.8) is 0 Å². The van der Waals surface area contributed by atoms with E-state index >= 15 is 0 Å². The number of carbonyl (C=O) groups is 1. The van der Waals surface area contributed by atoms with Crippen LogP contribution in [-0.4, -0.2) is 39.3 Å². The van der Waals surface area contributed by atoms with E-state index in [1.165, 1.54) is 38.5 Å². The minimum atomic E-state index is -0.00457. The molecule has 2 heterocycles. The van der Waals surface area contributed by atoms with Crippen molar-refractivity contribution in [2.75, 3.05) is 13.6 Å². The van der Waals surface area contributed by atoms with Crippen LogP contribution in [0.2, 0.25) is 0 Å². The third-order valence-corrected chi connectivity index (χ3v) is 4.69. The molecule has 1 aromatic heterocycles. The number of aryl methyl sites for hydroxylation is 1. The SMILES string of the molecule is CN(CC1CCCC1)C(=O)NCc1nnc2n1CCCC2. The van der Waals surface area contributed by atoms with Crippen LogP contribution in [-0.2, 0) is 19.5 Å². The van der Waals surface area contributed by atoms with Crippen molar-refractivity contribution >= 4 is 6.03 Å². The molecule has 1 fully saturated rings. The maximum atomic E-state index is 12.2. The van der Waals surface area contributed by atoms with Crippen LogP contribution in [0.5, 0.6) is 0 Å². The molecule has 0 spiro atoms. The lowest BCUT2D eigenvalue weighted by Crippen LogP contribution is -2.39. The van der Waals surface area contributed by atoms with E-state index in [1.54, 1.807) is 0 Å². The minimum Gasteiger partial charge on any atom is -0.331 e. The van der Waals surface area contributed by atoms with Gasteiger partial charge in [0.2, 0.25) is 0 Å². The first-order valence-corrected chi connectivity index (χ1v) is 8.14. The van der Waals surface area contributed by atoms with Gasteiger partial charge in [0.15, 0.2) is 5.82 Å². The van der Waals surface area contributed by atoms with Crippen LogP contribution in [0.15, 0.2) is 0 Å². The molecule has 1 N–H and O–H groups in total. The zero-order valence-corrected chi connectivity index (χ0v) is 12.8. The quantitative estimate of drug-likeness (QED) is 0.922. The van der Waals surface area contributed by atoms with Crippen molar-refractivity contribution in [2.24, 2.45) is 5.92 Å². The normalized spacial score (nSPS) is 18.5. The monoisotopic (exact) mass is 291 g/mol. The second-order valence-electron chi connectivity index (χ2n) is 6.33. The van der Waals surface area contributed by atoms with E-state index in [9.17, 15) is 4.79 Å². The van der Waals surface area contributed by atoms with Gasteiger partial charge in [-0.1, -0.05) is 12.8 Å². The van der Waals surface area contributed by atoms with Crippen molar-refractivity contribution in [2.45, 2.75) is 58.0 Å². The smallest absolute Gasteiger partial charge is 0.317 e. The van der Waals surface area contributed by atoms with Crippen LogP contribution in [0.25, 0.3) is 0 Å². The molecular formula is C15H25N5O. The van der Waals surface area contributed by atoms with Crippen LogP contribution in [0.3, 0.4) is 0 Å². The molecule has 116 valence electrons. The Morgan fingerprint density at radius 2 is 2.10 bits per heavy atom. The number of hydrogen-bond donors (Lipinski definition) is 1. The number of fused-ring (bicyclic) bond motifs is 1. The highest BCUT2D eigenvalue weighted by Gasteiger charge is 2.20. The number of urea groups is 1. The van der Waals surface area contributed by atoms with Crippen LogP contribution in [0.4, 0.5) is 4.79 Å². The summed E-state index contributed by atoms with van der Waals surface area (Å²) in [5.74, 6) is 2.62. The van der Waals surface area contributed by atoms with Crippen LogP contribution in [0, 0.1) is 5.92 Å². The summed E-state index contributed by atoms with van der Waals surface area (Å²) in [6.07, 6.45) is 8.51. The Bertz CT molecular complexity index is 492. The highest BCUT2D eigenvalue weighted by molar-refractivity contribution is 5.73. The fourth-order valence-corrected chi connectivity index (χ4v) is 3.45. The van der Waals surface area contributed by atoms with E-state index in [0.29, 0.717) is 12.5 Å². The van der Waals surface area contributed by atoms with Crippen molar-refractivity contribution < 1.29 is 4.79 Å². The molecule has 1 aromatic rings. The van der Waals surface area contributed by atoms with Crippen molar-refractivity contribution in [3.05, 3.63) is 11.6 Å². The molecule has 6 nitrogen and oxygen atoms in total. The van der Waals surface area contributed by atoms with E-state index in [2.05, 4.69) is 20.1 Å². The molecule has 0 saturated heterocycles. The number of amides is 2. The number of carbonyl (C=O) groups excluding carboxylic acids is 1. The Morgan fingerprint density at radius 3 is 2.90 bits per heavy atom. The molecule has 2 amide bonds. The standard InChI is InChI=1S/C15H25N5O/c1-19(11-12-6-2-3-7-12)15(21)16-10-14-18-17-13-8-4-5-9-20(13)14/h12H,2-11H2,1H3,(H,16,21). The molecule has 21 heavy (non-hydrogen) atoms. The van der Waals surface area contributed by atoms with Gasteiger partial charge in [0.1, 0.15) is 5.82 Å². The Morgan fingerprint density at radius 1 is 1.29 bits per heavy atom. The number of nitrogens with one attached hydrogen (secondary N) is 1. The van der Waals surface area contributed by atoms with Gasteiger partial charge in [0.25, 0.3) is 0 Å². The van der Waals surface area contributed by atoms with Gasteiger partial charge in [-0.3, -0.25) is 0 Å². The molecule has 0 atom stereocenters. The summed E-state index contributed by atoms with van der Waals surface area (Å²) in [6, 6.07) is -0.00457. The molecule has 3 rings (SSSR count). The molecule has 0 aromatic carbocycles. The first kappa shape index (κ1) is 14.4. The summed E-state index contributed by atoms with van der Waals surface area (Å²) in [7, 11) is 1.88. The summed E-state index contributed by atoms with van der Waals surface area (Å²) < 4.78 is 2.15. The van der Waals surface area contributed by atoms with Crippen molar-refractivity contribution in [1.82, 2.24) is 25.0 Å². The number of hydrogen-bond acceptors (Lipinski definition) is 3. The topological polar surface area (TPSA) is 63.1 Å². The zero-order chi connectivity index (χ0) is 14.7. The van der Waals surface area contributed by atoms with Gasteiger partial charge in [0, 0.05) is 26.6 Å². The highest BCUT2D eigenvalue weighted by atomic mass is 16.2. The van der Waals surface area contributed by atoms with E-state index < -0.39 is 0 Å². The average molecular weight is 291 g/mol. The van der Waals surface area contributed by atoms with E-state index in [-0.39, 0.29) is 6.03 Å². The predicted octanol–water partition coefficient (Wildman–Crippen LogP) is 1.95. The van der Waals surface area contributed by atoms with Gasteiger partial charge in [-0.05, 0) is 31.6 Å². The van der Waals surface area contributed by atoms with Crippen LogP contribution >= 0.6 is 0 Å². The second-order valence-corrected chi connectivity index (χ2v) is 6.33. The Balaban J connectivity index is 1.49. The second kappa shape index (κ2) is 6.45. The first-order valence-electron chi connectivity index (χ1n) is 8.14. The van der Waals surface area contributed by atoms with Gasteiger partial charge in [0.05, 0.1) is 6.54 Å². The molecule has 1 saturated carbocycles. The predicted molar refractivity (Wildman–Crippen MR) is 79.8 cm³/mol. The minimum absolute atomic E-state index is 0.00457. The lowest BCUT2D eigenvalue weighted by Gasteiger charge is -2.21. The summed E-state index contributed by atoms with van der Waals surface area (Å²) in [6.45, 7) is 2.32. The van der Waals surface area contributed by atoms with Crippen LogP contribution < -0.4 is 5.32 Å². The molecule has 0 bridgehead atoms. The average Bonchev–Trinajstić information content (AvgIpc) is 3.14. The molecule has 1 aliphatic heterocycles. The maximum absolute atomic E-state index is 12.2. The molecule has 2 aliphatic rings. The molecule has 0 unspecified atom stereocenters.